The minimum atomic E-state index is -0.720. The van der Waals surface area contributed by atoms with Crippen LogP contribution < -0.4 is 26.2 Å². The van der Waals surface area contributed by atoms with Crippen LogP contribution in [0.15, 0.2) is 109 Å². The Kier molecular flexibility index (Phi) is 16.4. The highest BCUT2D eigenvalue weighted by atomic mass is 35.5. The molecule has 0 aliphatic carbocycles. The Morgan fingerprint density at radius 1 is 0.658 bits per heavy atom. The second-order valence-corrected chi connectivity index (χ2v) is 17.8. The van der Waals surface area contributed by atoms with E-state index in [2.05, 4.69) is 40.4 Å². The number of nitrogens with two attached hydrogens (primary N) is 1. The first-order chi connectivity index (χ1) is 35.1. The molecule has 6 heterocycles. The van der Waals surface area contributed by atoms with Gasteiger partial charge in [0.25, 0.3) is 0 Å². The number of carbonyl (C=O) groups is 2. The first-order valence-electron chi connectivity index (χ1n) is 23.4. The SMILES string of the molecule is CC(=O)Cc1cc(N)cc(N2CCOCC2)c1.CC(=O)Nc1cc(Nc2c(C)c(-c3ccccn3)nc3cc(F)cc(F)c23)cc(N2CCOCC2)c1.Cc1c(-c2ccccn2)nc2cc(F)cc(F)c2c1Cl. The molecule has 2 aliphatic rings. The van der Waals surface area contributed by atoms with E-state index in [9.17, 15) is 22.8 Å². The summed E-state index contributed by atoms with van der Waals surface area (Å²) in [5.74, 6) is -2.88. The number of ketones is 1. The summed E-state index contributed by atoms with van der Waals surface area (Å²) in [6.45, 7) is 12.5. The lowest BCUT2D eigenvalue weighted by Crippen LogP contribution is -2.36. The minimum absolute atomic E-state index is 0.130. The Morgan fingerprint density at radius 2 is 1.18 bits per heavy atom. The summed E-state index contributed by atoms with van der Waals surface area (Å²) >= 11 is 6.21. The molecular formula is C55H52ClF4N9O4. The molecule has 4 aromatic carbocycles. The fraction of sp³-hybridized carbons (Fsp3) is 0.236. The molecule has 376 valence electrons. The van der Waals surface area contributed by atoms with E-state index in [1.54, 1.807) is 56.6 Å². The number of hydrogen-bond acceptors (Lipinski definition) is 12. The Balaban J connectivity index is 0.000000162. The lowest BCUT2D eigenvalue weighted by atomic mass is 10.0. The first-order valence-corrected chi connectivity index (χ1v) is 23.8. The van der Waals surface area contributed by atoms with Crippen molar-refractivity contribution in [2.75, 3.05) is 78.8 Å². The molecule has 73 heavy (non-hydrogen) atoms. The summed E-state index contributed by atoms with van der Waals surface area (Å²) < 4.78 is 67.2. The van der Waals surface area contributed by atoms with Crippen molar-refractivity contribution in [3.8, 4) is 22.8 Å². The third-order valence-corrected chi connectivity index (χ3v) is 12.4. The molecule has 2 fully saturated rings. The Hall–Kier alpha value is -7.73. The highest BCUT2D eigenvalue weighted by molar-refractivity contribution is 6.36. The van der Waals surface area contributed by atoms with E-state index in [-0.39, 0.29) is 38.5 Å². The van der Waals surface area contributed by atoms with Gasteiger partial charge in [0.1, 0.15) is 29.1 Å². The molecule has 18 heteroatoms. The van der Waals surface area contributed by atoms with Crippen LogP contribution in [0.2, 0.25) is 5.02 Å². The van der Waals surface area contributed by atoms with Gasteiger partial charge >= 0.3 is 0 Å². The highest BCUT2D eigenvalue weighted by Crippen LogP contribution is 2.39. The number of halogens is 5. The highest BCUT2D eigenvalue weighted by Gasteiger charge is 2.21. The van der Waals surface area contributed by atoms with Crippen LogP contribution in [-0.4, -0.2) is 84.2 Å². The van der Waals surface area contributed by atoms with Gasteiger partial charge in [-0.25, -0.2) is 27.5 Å². The molecule has 4 N–H and O–H groups in total. The summed E-state index contributed by atoms with van der Waals surface area (Å²) in [7, 11) is 0. The van der Waals surface area contributed by atoms with Gasteiger partial charge in [-0.3, -0.25) is 19.6 Å². The molecule has 8 aromatic rings. The van der Waals surface area contributed by atoms with Crippen molar-refractivity contribution in [3.05, 3.63) is 154 Å². The van der Waals surface area contributed by atoms with Crippen LogP contribution in [0.1, 0.15) is 30.5 Å². The van der Waals surface area contributed by atoms with Crippen molar-refractivity contribution >= 4 is 79.2 Å². The number of nitrogen functional groups attached to an aromatic ring is 1. The topological polar surface area (TPSA) is 161 Å². The first kappa shape index (κ1) is 51.6. The number of carbonyl (C=O) groups excluding carboxylic acids is 2. The van der Waals surface area contributed by atoms with Gasteiger partial charge in [-0.1, -0.05) is 23.7 Å². The maximum Gasteiger partial charge on any atom is 0.221 e. The van der Waals surface area contributed by atoms with Gasteiger partial charge in [-0.2, -0.15) is 0 Å². The Labute approximate surface area is 424 Å². The maximum absolute atomic E-state index is 15.1. The van der Waals surface area contributed by atoms with Gasteiger partial charge in [-0.05, 0) is 92.6 Å². The molecule has 2 aliphatic heterocycles. The average molecular weight is 1010 g/mol. The number of fused-ring (bicyclic) bond motifs is 2. The number of morpholine rings is 2. The third kappa shape index (κ3) is 12.7. The van der Waals surface area contributed by atoms with Gasteiger partial charge in [-0.15, -0.1) is 0 Å². The zero-order valence-corrected chi connectivity index (χ0v) is 41.3. The van der Waals surface area contributed by atoms with Crippen molar-refractivity contribution in [3.63, 3.8) is 0 Å². The normalized spacial score (nSPS) is 13.4. The van der Waals surface area contributed by atoms with E-state index in [1.165, 1.54) is 13.0 Å². The number of amides is 1. The van der Waals surface area contributed by atoms with Gasteiger partial charge in [0.05, 0.1) is 81.7 Å². The number of pyridine rings is 4. The number of aromatic nitrogens is 4. The van der Waals surface area contributed by atoms with Crippen LogP contribution in [-0.2, 0) is 25.5 Å². The molecule has 0 saturated carbocycles. The fourth-order valence-corrected chi connectivity index (χ4v) is 8.91. The summed E-state index contributed by atoms with van der Waals surface area (Å²) in [6, 6.07) is 26.3. The Morgan fingerprint density at radius 3 is 1.71 bits per heavy atom. The molecule has 0 spiro atoms. The monoisotopic (exact) mass is 1010 g/mol. The van der Waals surface area contributed by atoms with Crippen LogP contribution in [0.4, 0.5) is 51.7 Å². The van der Waals surface area contributed by atoms with Gasteiger partial charge < -0.3 is 35.6 Å². The maximum atomic E-state index is 15.1. The number of hydrogen-bond donors (Lipinski definition) is 3. The quantitative estimate of drug-likeness (QED) is 0.0929. The van der Waals surface area contributed by atoms with Crippen LogP contribution in [0.3, 0.4) is 0 Å². The lowest BCUT2D eigenvalue weighted by Gasteiger charge is -2.30. The van der Waals surface area contributed by atoms with E-state index < -0.39 is 23.3 Å². The number of nitrogens with zero attached hydrogens (tertiary/aromatic N) is 6. The third-order valence-electron chi connectivity index (χ3n) is 11.9. The van der Waals surface area contributed by atoms with E-state index in [0.29, 0.717) is 89.4 Å². The van der Waals surface area contributed by atoms with Gasteiger partial charge in [0.15, 0.2) is 0 Å². The van der Waals surface area contributed by atoms with Crippen LogP contribution in [0, 0.1) is 37.1 Å². The Bertz CT molecular complexity index is 3310. The average Bonchev–Trinajstić information content (AvgIpc) is 3.36. The predicted octanol–water partition coefficient (Wildman–Crippen LogP) is 11.2. The van der Waals surface area contributed by atoms with Gasteiger partial charge in [0, 0.05) is 110 Å². The molecule has 10 rings (SSSR count). The van der Waals surface area contributed by atoms with Crippen LogP contribution >= 0.6 is 11.6 Å². The van der Waals surface area contributed by atoms with E-state index in [4.69, 9.17) is 26.8 Å². The zero-order chi connectivity index (χ0) is 51.8. The van der Waals surface area contributed by atoms with Crippen molar-refractivity contribution < 1.29 is 36.6 Å². The molecule has 0 radical (unpaired) electrons. The summed E-state index contributed by atoms with van der Waals surface area (Å²) in [5.41, 5.74) is 15.1. The van der Waals surface area contributed by atoms with Crippen LogP contribution in [0.25, 0.3) is 44.6 Å². The zero-order valence-electron chi connectivity index (χ0n) is 40.5. The molecule has 1 amide bonds. The van der Waals surface area contributed by atoms with E-state index in [1.807, 2.05) is 49.4 Å². The van der Waals surface area contributed by atoms with Crippen molar-refractivity contribution in [2.45, 2.75) is 34.1 Å². The predicted molar refractivity (Wildman–Crippen MR) is 280 cm³/mol. The molecule has 13 nitrogen and oxygen atoms in total. The summed E-state index contributed by atoms with van der Waals surface area (Å²) in [6.07, 6.45) is 3.72. The second-order valence-electron chi connectivity index (χ2n) is 17.4. The molecule has 2 saturated heterocycles. The molecular weight excluding hydrogens is 962 g/mol. The number of anilines is 6. The molecule has 4 aromatic heterocycles. The van der Waals surface area contributed by atoms with Crippen LogP contribution in [0.5, 0.6) is 0 Å². The number of rotatable bonds is 9. The number of Topliss-reactive ketones (excluding diaryl/α,β-unsaturated/α-hetero) is 1. The van der Waals surface area contributed by atoms with E-state index >= 15 is 4.39 Å². The summed E-state index contributed by atoms with van der Waals surface area (Å²) in [4.78, 5) is 44.8. The van der Waals surface area contributed by atoms with E-state index in [0.717, 1.165) is 61.4 Å². The molecule has 0 atom stereocenters. The lowest BCUT2D eigenvalue weighted by molar-refractivity contribution is -0.116. The largest absolute Gasteiger partial charge is 0.399 e. The number of benzene rings is 4. The van der Waals surface area contributed by atoms with Crippen molar-refractivity contribution in [1.82, 2.24) is 19.9 Å². The van der Waals surface area contributed by atoms with Crippen molar-refractivity contribution in [1.29, 1.82) is 0 Å². The fourth-order valence-electron chi connectivity index (χ4n) is 8.63. The number of nitrogens with one attached hydrogen (secondary N) is 2. The summed E-state index contributed by atoms with van der Waals surface area (Å²) in [5, 5.41) is 6.71. The standard InChI is InChI=1S/C27H25F2N5O2.C15H9ClF2N2.C13H18N2O2/c1-16-26(23-5-3-4-6-30-23)33-24-12-18(28)11-22(29)25(24)27(16)32-20-13-19(31-17(2)35)14-21(15-20)34-7-9-36-10-8-34;1-8-14(16)13-10(18)6-9(17)7-12(13)20-15(8)11-4-2-3-5-19-11;1-10(16)6-11-7-12(14)9-13(8-11)15-2-4-17-5-3-15/h3-6,11-15H,7-10H2,1-2H3,(H,31,35)(H,32,33);2-7H,1H3;7-9H,2-6,14H2,1H3. The minimum Gasteiger partial charge on any atom is -0.399 e. The van der Waals surface area contributed by atoms with Gasteiger partial charge in [0.2, 0.25) is 5.91 Å². The second kappa shape index (κ2) is 23.2. The molecule has 0 unspecified atom stereocenters. The smallest absolute Gasteiger partial charge is 0.221 e. The van der Waals surface area contributed by atoms with Crippen molar-refractivity contribution in [2.24, 2.45) is 0 Å². The number of ether oxygens (including phenoxy) is 2. The molecule has 0 bridgehead atoms.